The van der Waals surface area contributed by atoms with Crippen LogP contribution in [0.1, 0.15) is 12.8 Å². The number of rotatable bonds is 2. The molecule has 0 saturated heterocycles. The summed E-state index contributed by atoms with van der Waals surface area (Å²) in [6.07, 6.45) is 2.63. The Morgan fingerprint density at radius 2 is 2.25 bits per heavy atom. The molecule has 12 heavy (non-hydrogen) atoms. The van der Waals surface area contributed by atoms with Gasteiger partial charge >= 0.3 is 5.97 Å². The summed E-state index contributed by atoms with van der Waals surface area (Å²) in [7, 11) is 0. The van der Waals surface area contributed by atoms with Crippen LogP contribution < -0.4 is 5.73 Å². The van der Waals surface area contributed by atoms with Crippen LogP contribution in [-0.4, -0.2) is 22.7 Å². The lowest BCUT2D eigenvalue weighted by molar-refractivity contribution is -0.147. The molecular formula is C7H8N2O3. The van der Waals surface area contributed by atoms with E-state index >= 15 is 0 Å². The molecule has 0 amide bonds. The summed E-state index contributed by atoms with van der Waals surface area (Å²) in [5.74, 6) is -2.19. The minimum atomic E-state index is -1.50. The highest BCUT2D eigenvalue weighted by atomic mass is 16.4. The van der Waals surface area contributed by atoms with E-state index in [-0.39, 0.29) is 5.70 Å². The maximum Gasteiger partial charge on any atom is 0.378 e. The van der Waals surface area contributed by atoms with Crippen molar-refractivity contribution in [2.24, 2.45) is 10.7 Å². The number of carbonyl (C=O) groups is 2. The zero-order valence-electron chi connectivity index (χ0n) is 6.28. The summed E-state index contributed by atoms with van der Waals surface area (Å²) >= 11 is 0. The van der Waals surface area contributed by atoms with E-state index in [0.717, 1.165) is 0 Å². The number of aliphatic carboxylic acids is 1. The number of carboxylic acid groups (broad SMARTS) is 1. The molecule has 1 heterocycles. The molecule has 1 aliphatic heterocycles. The van der Waals surface area contributed by atoms with Gasteiger partial charge in [0.2, 0.25) is 0 Å². The number of allylic oxidation sites excluding steroid dienone is 1. The molecule has 0 aliphatic carbocycles. The number of nitrogens with two attached hydrogens (primary N) is 1. The van der Waals surface area contributed by atoms with Crippen LogP contribution in [0.25, 0.3) is 0 Å². The van der Waals surface area contributed by atoms with E-state index in [4.69, 9.17) is 10.8 Å². The highest BCUT2D eigenvalue weighted by Gasteiger charge is 2.18. The Morgan fingerprint density at radius 1 is 1.58 bits per heavy atom. The number of ketones is 1. The van der Waals surface area contributed by atoms with Crippen molar-refractivity contribution in [1.29, 1.82) is 0 Å². The molecule has 0 aromatic heterocycles. The molecule has 5 heteroatoms. The molecule has 0 aromatic carbocycles. The number of amidine groups is 1. The third-order valence-corrected chi connectivity index (χ3v) is 1.43. The van der Waals surface area contributed by atoms with Crippen molar-refractivity contribution in [2.75, 3.05) is 0 Å². The summed E-state index contributed by atoms with van der Waals surface area (Å²) in [6, 6.07) is 0. The van der Waals surface area contributed by atoms with Gasteiger partial charge in [-0.25, -0.2) is 9.79 Å². The molecule has 0 aromatic rings. The third kappa shape index (κ3) is 1.69. The molecule has 0 radical (unpaired) electrons. The van der Waals surface area contributed by atoms with Crippen LogP contribution in [0.4, 0.5) is 0 Å². The van der Waals surface area contributed by atoms with Gasteiger partial charge in [-0.1, -0.05) is 6.08 Å². The monoisotopic (exact) mass is 168 g/mol. The van der Waals surface area contributed by atoms with Gasteiger partial charge in [-0.15, -0.1) is 0 Å². The quantitative estimate of drug-likeness (QED) is 0.552. The summed E-state index contributed by atoms with van der Waals surface area (Å²) in [5.41, 5.74) is 5.26. The second-order valence-corrected chi connectivity index (χ2v) is 2.37. The number of carbonyl (C=O) groups excluding carboxylic acids is 1. The van der Waals surface area contributed by atoms with Gasteiger partial charge in [0.05, 0.1) is 0 Å². The van der Waals surface area contributed by atoms with Crippen LogP contribution in [-0.2, 0) is 9.59 Å². The molecule has 0 fully saturated rings. The summed E-state index contributed by atoms with van der Waals surface area (Å²) in [5, 5.41) is 8.32. The molecular weight excluding hydrogens is 160 g/mol. The van der Waals surface area contributed by atoms with Crippen molar-refractivity contribution in [2.45, 2.75) is 12.8 Å². The number of hydrogen-bond donors (Lipinski definition) is 2. The standard InChI is InChI=1S/C7H8N2O3/c8-5-3-1-2-4(9-5)6(10)7(11)12/h2H,1,3H2,(H2,8,9)(H,11,12). The van der Waals surface area contributed by atoms with Crippen LogP contribution in [0.15, 0.2) is 16.8 Å². The second-order valence-electron chi connectivity index (χ2n) is 2.37. The number of hydrogen-bond acceptors (Lipinski definition) is 4. The smallest absolute Gasteiger partial charge is 0.378 e. The molecule has 0 saturated carbocycles. The van der Waals surface area contributed by atoms with Gasteiger partial charge in [-0.3, -0.25) is 4.79 Å². The molecule has 1 aliphatic rings. The van der Waals surface area contributed by atoms with Crippen LogP contribution in [0.3, 0.4) is 0 Å². The van der Waals surface area contributed by atoms with Crippen molar-refractivity contribution in [3.63, 3.8) is 0 Å². The van der Waals surface area contributed by atoms with Gasteiger partial charge in [0.25, 0.3) is 5.78 Å². The largest absolute Gasteiger partial charge is 0.475 e. The predicted octanol–water partition coefficient (Wildman–Crippen LogP) is -0.325. The van der Waals surface area contributed by atoms with Crippen LogP contribution in [0.2, 0.25) is 0 Å². The van der Waals surface area contributed by atoms with Crippen molar-refractivity contribution < 1.29 is 14.7 Å². The first-order chi connectivity index (χ1) is 5.61. The van der Waals surface area contributed by atoms with Crippen molar-refractivity contribution >= 4 is 17.6 Å². The topological polar surface area (TPSA) is 92.8 Å². The molecule has 0 atom stereocenters. The van der Waals surface area contributed by atoms with Crippen molar-refractivity contribution in [1.82, 2.24) is 0 Å². The Labute approximate surface area is 68.6 Å². The van der Waals surface area contributed by atoms with E-state index < -0.39 is 11.8 Å². The molecule has 0 unspecified atom stereocenters. The van der Waals surface area contributed by atoms with E-state index in [1.54, 1.807) is 0 Å². The third-order valence-electron chi connectivity index (χ3n) is 1.43. The average molecular weight is 168 g/mol. The van der Waals surface area contributed by atoms with Crippen LogP contribution in [0, 0.1) is 0 Å². The van der Waals surface area contributed by atoms with Crippen LogP contribution >= 0.6 is 0 Å². The second kappa shape index (κ2) is 3.17. The zero-order chi connectivity index (χ0) is 9.14. The first kappa shape index (κ1) is 8.45. The fraction of sp³-hybridized carbons (Fsp3) is 0.286. The summed E-state index contributed by atoms with van der Waals surface area (Å²) in [6.45, 7) is 0. The van der Waals surface area contributed by atoms with Gasteiger partial charge in [0.1, 0.15) is 11.5 Å². The van der Waals surface area contributed by atoms with Crippen molar-refractivity contribution in [3.8, 4) is 0 Å². The van der Waals surface area contributed by atoms with E-state index in [9.17, 15) is 9.59 Å². The van der Waals surface area contributed by atoms with Gasteiger partial charge < -0.3 is 10.8 Å². The highest BCUT2D eigenvalue weighted by Crippen LogP contribution is 2.09. The highest BCUT2D eigenvalue weighted by molar-refractivity contribution is 6.39. The lowest BCUT2D eigenvalue weighted by Crippen LogP contribution is -2.20. The first-order valence-electron chi connectivity index (χ1n) is 3.42. The maximum atomic E-state index is 10.8. The minimum Gasteiger partial charge on any atom is -0.475 e. The average Bonchev–Trinajstić information content (AvgIpc) is 2.03. The lowest BCUT2D eigenvalue weighted by Gasteiger charge is -2.05. The van der Waals surface area contributed by atoms with Crippen LogP contribution in [0.5, 0.6) is 0 Å². The Bertz CT molecular complexity index is 291. The molecule has 5 nitrogen and oxygen atoms in total. The molecule has 0 bridgehead atoms. The summed E-state index contributed by atoms with van der Waals surface area (Å²) in [4.78, 5) is 24.6. The Morgan fingerprint density at radius 3 is 2.75 bits per heavy atom. The van der Waals surface area contributed by atoms with Gasteiger partial charge in [0, 0.05) is 6.42 Å². The number of nitrogens with zero attached hydrogens (tertiary/aromatic N) is 1. The first-order valence-corrected chi connectivity index (χ1v) is 3.42. The van der Waals surface area contributed by atoms with Gasteiger partial charge in [-0.05, 0) is 6.42 Å². The fourth-order valence-corrected chi connectivity index (χ4v) is 0.866. The normalized spacial score (nSPS) is 16.3. The Balaban J connectivity index is 2.83. The molecule has 64 valence electrons. The zero-order valence-corrected chi connectivity index (χ0v) is 6.28. The Kier molecular flexibility index (Phi) is 2.23. The molecule has 3 N–H and O–H groups in total. The molecule has 1 rings (SSSR count). The van der Waals surface area contributed by atoms with Crippen molar-refractivity contribution in [3.05, 3.63) is 11.8 Å². The van der Waals surface area contributed by atoms with E-state index in [0.29, 0.717) is 18.7 Å². The van der Waals surface area contributed by atoms with E-state index in [1.807, 2.05) is 0 Å². The van der Waals surface area contributed by atoms with E-state index in [1.165, 1.54) is 6.08 Å². The SMILES string of the molecule is NC1=NC(C(=O)C(=O)O)=CCC1. The maximum absolute atomic E-state index is 10.8. The Hall–Kier alpha value is -1.65. The van der Waals surface area contributed by atoms with Gasteiger partial charge in [-0.2, -0.15) is 0 Å². The number of Topliss-reactive ketones (excluding diaryl/α,β-unsaturated/α-hetero) is 1. The predicted molar refractivity (Wildman–Crippen MR) is 41.6 cm³/mol. The van der Waals surface area contributed by atoms with Gasteiger partial charge in [0.15, 0.2) is 0 Å². The fourth-order valence-electron chi connectivity index (χ4n) is 0.866. The number of carboxylic acids is 1. The minimum absolute atomic E-state index is 0.0637. The lowest BCUT2D eigenvalue weighted by atomic mass is 10.1. The summed E-state index contributed by atoms with van der Waals surface area (Å²) < 4.78 is 0. The molecule has 0 spiro atoms. The number of aliphatic imine (C=N–C) groups is 1. The van der Waals surface area contributed by atoms with E-state index in [2.05, 4.69) is 4.99 Å².